The molecule has 0 unspecified atom stereocenters. The van der Waals surface area contributed by atoms with Crippen molar-refractivity contribution in [2.45, 2.75) is 6.47 Å². The SMILES string of the molecule is [C-]#[N+]C(C#N)=C1C(Br)(Br)C(Br)=C(Br)C1(Br)Br. The molecule has 0 aromatic heterocycles. The first-order valence-electron chi connectivity index (χ1n) is 3.55. The first-order valence-corrected chi connectivity index (χ1v) is 8.31. The van der Waals surface area contributed by atoms with Crippen LogP contribution in [0.2, 0.25) is 0 Å². The van der Waals surface area contributed by atoms with Gasteiger partial charge in [0.1, 0.15) is 6.47 Å². The molecular formula is C8Br6N2. The summed E-state index contributed by atoms with van der Waals surface area (Å²) in [5.74, 6) is 0. The fraction of sp³-hybridized carbons (Fsp3) is 0.250. The van der Waals surface area contributed by atoms with Crippen molar-refractivity contribution in [1.82, 2.24) is 0 Å². The van der Waals surface area contributed by atoms with Crippen LogP contribution in [0, 0.1) is 17.9 Å². The number of alkyl halides is 4. The number of halogens is 6. The van der Waals surface area contributed by atoms with Crippen molar-refractivity contribution in [2.75, 3.05) is 0 Å². The van der Waals surface area contributed by atoms with E-state index in [1.165, 1.54) is 0 Å². The summed E-state index contributed by atoms with van der Waals surface area (Å²) in [5, 5.41) is 8.97. The van der Waals surface area contributed by atoms with E-state index in [1.54, 1.807) is 0 Å². The summed E-state index contributed by atoms with van der Waals surface area (Å²) in [6.45, 7) is 7.02. The Morgan fingerprint density at radius 2 is 1.50 bits per heavy atom. The molecule has 0 aromatic rings. The monoisotopic (exact) mass is 598 g/mol. The summed E-state index contributed by atoms with van der Waals surface area (Å²) >= 11 is 20.6. The zero-order valence-corrected chi connectivity index (χ0v) is 16.7. The van der Waals surface area contributed by atoms with Crippen molar-refractivity contribution in [3.63, 3.8) is 0 Å². The van der Waals surface area contributed by atoms with E-state index in [9.17, 15) is 0 Å². The van der Waals surface area contributed by atoms with Gasteiger partial charge in [0.05, 0.1) is 12.6 Å². The second kappa shape index (κ2) is 5.14. The minimum Gasteiger partial charge on any atom is -0.226 e. The third-order valence-corrected chi connectivity index (χ3v) is 9.64. The molecule has 0 atom stereocenters. The van der Waals surface area contributed by atoms with E-state index in [0.717, 1.165) is 8.96 Å². The van der Waals surface area contributed by atoms with Crippen LogP contribution >= 0.6 is 95.6 Å². The van der Waals surface area contributed by atoms with Crippen LogP contribution in [0.15, 0.2) is 20.2 Å². The van der Waals surface area contributed by atoms with Crippen molar-refractivity contribution in [2.24, 2.45) is 0 Å². The number of rotatable bonds is 0. The van der Waals surface area contributed by atoms with Crippen molar-refractivity contribution in [3.8, 4) is 6.07 Å². The summed E-state index contributed by atoms with van der Waals surface area (Å²) in [5.41, 5.74) is 0.546. The van der Waals surface area contributed by atoms with Crippen molar-refractivity contribution in [3.05, 3.63) is 31.7 Å². The zero-order chi connectivity index (χ0) is 12.7. The average Bonchev–Trinajstić information content (AvgIpc) is 2.32. The molecule has 2 nitrogen and oxygen atoms in total. The maximum absolute atomic E-state index is 8.97. The van der Waals surface area contributed by atoms with Crippen LogP contribution < -0.4 is 0 Å². The number of nitrogens with zero attached hydrogens (tertiary/aromatic N) is 2. The van der Waals surface area contributed by atoms with E-state index < -0.39 is 6.47 Å². The fourth-order valence-corrected chi connectivity index (χ4v) is 6.98. The van der Waals surface area contributed by atoms with E-state index in [4.69, 9.17) is 11.8 Å². The molecule has 1 aliphatic rings. The Morgan fingerprint density at radius 1 is 1.12 bits per heavy atom. The Balaban J connectivity index is 3.66. The Hall–Kier alpha value is 1.34. The summed E-state index contributed by atoms with van der Waals surface area (Å²) in [6.07, 6.45) is 0. The predicted octanol–water partition coefficient (Wildman–Crippen LogP) is 5.67. The lowest BCUT2D eigenvalue weighted by Gasteiger charge is -2.23. The van der Waals surface area contributed by atoms with E-state index >= 15 is 0 Å². The van der Waals surface area contributed by atoms with E-state index in [1.807, 2.05) is 6.07 Å². The van der Waals surface area contributed by atoms with Crippen LogP contribution in [0.4, 0.5) is 0 Å². The molecule has 0 heterocycles. The van der Waals surface area contributed by atoms with Crippen molar-refractivity contribution < 1.29 is 0 Å². The maximum Gasteiger partial charge on any atom is 0.266 e. The molecule has 0 aromatic carbocycles. The normalized spacial score (nSPS) is 21.6. The molecule has 0 fully saturated rings. The van der Waals surface area contributed by atoms with Crippen LogP contribution in [0.25, 0.3) is 4.85 Å². The first kappa shape index (κ1) is 15.4. The summed E-state index contributed by atoms with van der Waals surface area (Å²) in [7, 11) is 0. The molecule has 0 bridgehead atoms. The zero-order valence-electron chi connectivity index (χ0n) is 7.16. The topological polar surface area (TPSA) is 28.1 Å². The van der Waals surface area contributed by atoms with E-state index in [-0.39, 0.29) is 5.70 Å². The van der Waals surface area contributed by atoms with Crippen LogP contribution in [-0.2, 0) is 0 Å². The van der Waals surface area contributed by atoms with Gasteiger partial charge in [-0.25, -0.2) is 10.1 Å². The number of allylic oxidation sites excluding steroid dienone is 4. The van der Waals surface area contributed by atoms with E-state index in [2.05, 4.69) is 100 Å². The molecule has 1 rings (SSSR count). The highest BCUT2D eigenvalue weighted by Gasteiger charge is 2.54. The van der Waals surface area contributed by atoms with Gasteiger partial charge in [-0.1, -0.05) is 95.6 Å². The lowest BCUT2D eigenvalue weighted by atomic mass is 10.1. The van der Waals surface area contributed by atoms with Gasteiger partial charge in [0, 0.05) is 14.5 Å². The van der Waals surface area contributed by atoms with Gasteiger partial charge in [0.25, 0.3) is 5.70 Å². The highest BCUT2D eigenvalue weighted by atomic mass is 79.9. The summed E-state index contributed by atoms with van der Waals surface area (Å²) in [6, 6.07) is 1.88. The lowest BCUT2D eigenvalue weighted by Crippen LogP contribution is -2.21. The second-order valence-electron chi connectivity index (χ2n) is 2.72. The Labute approximate surface area is 143 Å². The van der Waals surface area contributed by atoms with Crippen molar-refractivity contribution >= 4 is 95.6 Å². The highest BCUT2D eigenvalue weighted by molar-refractivity contribution is 9.28. The molecule has 16 heavy (non-hydrogen) atoms. The Kier molecular flexibility index (Phi) is 4.95. The molecule has 1 aliphatic carbocycles. The van der Waals surface area contributed by atoms with Crippen molar-refractivity contribution in [1.29, 1.82) is 5.26 Å². The molecule has 0 saturated carbocycles. The second-order valence-corrected chi connectivity index (χ2v) is 11.2. The van der Waals surface area contributed by atoms with Gasteiger partial charge in [0.15, 0.2) is 0 Å². The van der Waals surface area contributed by atoms with Gasteiger partial charge in [-0.2, -0.15) is 0 Å². The molecule has 0 aliphatic heterocycles. The molecule has 0 N–H and O–H groups in total. The van der Waals surface area contributed by atoms with Gasteiger partial charge in [-0.3, -0.25) is 0 Å². The molecular weight excluding hydrogens is 604 g/mol. The Morgan fingerprint density at radius 3 is 1.75 bits per heavy atom. The smallest absolute Gasteiger partial charge is 0.226 e. The van der Waals surface area contributed by atoms with Gasteiger partial charge in [0.2, 0.25) is 0 Å². The molecule has 8 heteroatoms. The van der Waals surface area contributed by atoms with Gasteiger partial charge < -0.3 is 0 Å². The standard InChI is InChI=1S/C8Br6N2/c1-16-3(2-15)4-7(11,12)5(9)6(10)8(4,13)14. The minimum atomic E-state index is -0.776. The fourth-order valence-electron chi connectivity index (χ4n) is 1.13. The number of nitriles is 1. The maximum atomic E-state index is 8.97. The van der Waals surface area contributed by atoms with Gasteiger partial charge in [-0.05, 0) is 0 Å². The lowest BCUT2D eigenvalue weighted by molar-refractivity contribution is 1.14. The molecule has 0 saturated heterocycles. The quantitative estimate of drug-likeness (QED) is 0.199. The molecule has 0 radical (unpaired) electrons. The third-order valence-electron chi connectivity index (χ3n) is 1.83. The average molecular weight is 604 g/mol. The first-order chi connectivity index (χ1) is 7.21. The van der Waals surface area contributed by atoms with Gasteiger partial charge >= 0.3 is 0 Å². The summed E-state index contributed by atoms with van der Waals surface area (Å²) in [4.78, 5) is 3.23. The Bertz CT molecular complexity index is 446. The molecule has 84 valence electrons. The van der Waals surface area contributed by atoms with Crippen LogP contribution in [0.1, 0.15) is 0 Å². The van der Waals surface area contributed by atoms with Crippen LogP contribution in [-0.4, -0.2) is 6.47 Å². The summed E-state index contributed by atoms with van der Waals surface area (Å²) < 4.78 is -0.0524. The molecule has 0 amide bonds. The minimum absolute atomic E-state index is 0.00824. The largest absolute Gasteiger partial charge is 0.266 e. The van der Waals surface area contributed by atoms with Crippen LogP contribution in [0.3, 0.4) is 0 Å². The van der Waals surface area contributed by atoms with Crippen LogP contribution in [0.5, 0.6) is 0 Å². The van der Waals surface area contributed by atoms with Gasteiger partial charge in [-0.15, -0.1) is 0 Å². The predicted molar refractivity (Wildman–Crippen MR) is 85.3 cm³/mol. The number of hydrogen-bond donors (Lipinski definition) is 0. The van der Waals surface area contributed by atoms with E-state index in [0.29, 0.717) is 5.57 Å². The highest BCUT2D eigenvalue weighted by Crippen LogP contribution is 2.65. The third kappa shape index (κ3) is 2.26. The number of hydrogen-bond acceptors (Lipinski definition) is 1. The molecule has 0 spiro atoms.